The molecular formula is C20H18N6OS. The van der Waals surface area contributed by atoms with Crippen LogP contribution in [0.5, 0.6) is 5.88 Å². The van der Waals surface area contributed by atoms with Crippen LogP contribution in [0.15, 0.2) is 36.5 Å². The monoisotopic (exact) mass is 390 g/mol. The van der Waals surface area contributed by atoms with Gasteiger partial charge in [0.1, 0.15) is 23.2 Å². The maximum Gasteiger partial charge on any atom is 0.232 e. The zero-order valence-corrected chi connectivity index (χ0v) is 16.3. The summed E-state index contributed by atoms with van der Waals surface area (Å²) in [6.07, 6.45) is 2.54. The molecule has 140 valence electrons. The molecular weight excluding hydrogens is 372 g/mol. The number of nitriles is 2. The molecule has 0 saturated heterocycles. The van der Waals surface area contributed by atoms with Gasteiger partial charge in [-0.05, 0) is 30.7 Å². The van der Waals surface area contributed by atoms with Gasteiger partial charge in [0.05, 0.1) is 41.4 Å². The van der Waals surface area contributed by atoms with Crippen molar-refractivity contribution >= 4 is 40.0 Å². The number of aromatic nitrogens is 2. The molecule has 2 aromatic carbocycles. The molecule has 0 unspecified atom stereocenters. The van der Waals surface area contributed by atoms with E-state index in [9.17, 15) is 10.5 Å². The number of benzene rings is 2. The molecule has 0 atom stereocenters. The van der Waals surface area contributed by atoms with Crippen molar-refractivity contribution in [1.29, 1.82) is 10.5 Å². The zero-order chi connectivity index (χ0) is 19.9. The molecule has 1 heterocycles. The average molecular weight is 390 g/mol. The van der Waals surface area contributed by atoms with Crippen LogP contribution >= 0.6 is 11.9 Å². The van der Waals surface area contributed by atoms with Crippen LogP contribution in [0.4, 0.5) is 17.1 Å². The second-order valence-corrected chi connectivity index (χ2v) is 6.70. The molecule has 3 aromatic rings. The molecule has 8 heteroatoms. The summed E-state index contributed by atoms with van der Waals surface area (Å²) >= 11 is 1.55. The minimum Gasteiger partial charge on any atom is -0.480 e. The first-order chi connectivity index (χ1) is 13.7. The first kappa shape index (κ1) is 19.3. The SMILES string of the molecule is CCCSNc1cccc(Nc2ccc3ncc(OC)nc3c2C#N)c1C#N. The van der Waals surface area contributed by atoms with Gasteiger partial charge in [0.25, 0.3) is 0 Å². The van der Waals surface area contributed by atoms with Crippen LogP contribution in [0.25, 0.3) is 11.0 Å². The van der Waals surface area contributed by atoms with E-state index in [1.165, 1.54) is 13.3 Å². The minimum absolute atomic E-state index is 0.331. The molecule has 0 amide bonds. The molecule has 0 aliphatic heterocycles. The number of hydrogen-bond acceptors (Lipinski definition) is 8. The summed E-state index contributed by atoms with van der Waals surface area (Å²) in [5.74, 6) is 1.27. The maximum atomic E-state index is 9.70. The normalized spacial score (nSPS) is 10.1. The third kappa shape index (κ3) is 3.93. The molecule has 0 spiro atoms. The van der Waals surface area contributed by atoms with Crippen molar-refractivity contribution in [2.24, 2.45) is 0 Å². The molecule has 3 rings (SSSR count). The number of methoxy groups -OCH3 is 1. The van der Waals surface area contributed by atoms with E-state index >= 15 is 0 Å². The molecule has 0 fully saturated rings. The summed E-state index contributed by atoms with van der Waals surface area (Å²) in [7, 11) is 1.50. The standard InChI is InChI=1S/C20H18N6OS/c1-3-9-28-26-17-6-4-5-15(13(17)10-21)24-16-7-8-18-20(14(16)11-22)25-19(27-2)12-23-18/h4-8,12,24,26H,3,9H2,1-2H3. The quantitative estimate of drug-likeness (QED) is 0.445. The summed E-state index contributed by atoms with van der Waals surface area (Å²) in [6.45, 7) is 2.10. The van der Waals surface area contributed by atoms with Crippen molar-refractivity contribution in [2.75, 3.05) is 22.9 Å². The second kappa shape index (κ2) is 8.94. The summed E-state index contributed by atoms with van der Waals surface area (Å²) in [5, 5.41) is 22.6. The highest BCUT2D eigenvalue weighted by molar-refractivity contribution is 8.00. The highest BCUT2D eigenvalue weighted by Crippen LogP contribution is 2.31. The lowest BCUT2D eigenvalue weighted by Gasteiger charge is -2.14. The average Bonchev–Trinajstić information content (AvgIpc) is 2.73. The van der Waals surface area contributed by atoms with Gasteiger partial charge in [0.15, 0.2) is 0 Å². The van der Waals surface area contributed by atoms with E-state index in [-0.39, 0.29) is 0 Å². The van der Waals surface area contributed by atoms with Crippen molar-refractivity contribution < 1.29 is 4.74 Å². The van der Waals surface area contributed by atoms with Gasteiger partial charge < -0.3 is 14.8 Å². The number of hydrogen-bond donors (Lipinski definition) is 2. The molecule has 2 N–H and O–H groups in total. The van der Waals surface area contributed by atoms with E-state index in [0.717, 1.165) is 17.9 Å². The molecule has 0 bridgehead atoms. The van der Waals surface area contributed by atoms with Crippen LogP contribution in [0, 0.1) is 22.7 Å². The third-order valence-corrected chi connectivity index (χ3v) is 4.92. The third-order valence-electron chi connectivity index (χ3n) is 3.95. The Morgan fingerprint density at radius 3 is 2.54 bits per heavy atom. The van der Waals surface area contributed by atoms with Gasteiger partial charge in [-0.3, -0.25) is 0 Å². The number of fused-ring (bicyclic) bond motifs is 1. The highest BCUT2D eigenvalue weighted by atomic mass is 32.2. The lowest BCUT2D eigenvalue weighted by molar-refractivity contribution is 0.397. The predicted molar refractivity (Wildman–Crippen MR) is 112 cm³/mol. The van der Waals surface area contributed by atoms with E-state index in [0.29, 0.717) is 39.4 Å². The Hall–Kier alpha value is -3.49. The number of ether oxygens (including phenoxy) is 1. The van der Waals surface area contributed by atoms with Crippen LogP contribution in [-0.4, -0.2) is 22.8 Å². The van der Waals surface area contributed by atoms with E-state index in [1.807, 2.05) is 12.1 Å². The fraction of sp³-hybridized carbons (Fsp3) is 0.200. The molecule has 0 aliphatic carbocycles. The number of anilines is 3. The molecule has 0 saturated carbocycles. The lowest BCUT2D eigenvalue weighted by atomic mass is 10.1. The number of nitrogens with one attached hydrogen (secondary N) is 2. The maximum absolute atomic E-state index is 9.70. The smallest absolute Gasteiger partial charge is 0.232 e. The molecule has 0 aliphatic rings. The van der Waals surface area contributed by atoms with E-state index in [4.69, 9.17) is 4.74 Å². The highest BCUT2D eigenvalue weighted by Gasteiger charge is 2.14. The Kier molecular flexibility index (Phi) is 6.15. The lowest BCUT2D eigenvalue weighted by Crippen LogP contribution is -2.01. The van der Waals surface area contributed by atoms with Crippen molar-refractivity contribution in [3.05, 3.63) is 47.7 Å². The van der Waals surface area contributed by atoms with E-state index in [1.54, 1.807) is 30.1 Å². The van der Waals surface area contributed by atoms with Crippen LogP contribution in [-0.2, 0) is 0 Å². The van der Waals surface area contributed by atoms with Gasteiger partial charge in [-0.15, -0.1) is 0 Å². The van der Waals surface area contributed by atoms with Crippen molar-refractivity contribution in [1.82, 2.24) is 9.97 Å². The Bertz CT molecular complexity index is 1090. The number of nitrogens with zero attached hydrogens (tertiary/aromatic N) is 4. The van der Waals surface area contributed by atoms with Gasteiger partial charge in [-0.2, -0.15) is 10.5 Å². The first-order valence-electron chi connectivity index (χ1n) is 8.63. The largest absolute Gasteiger partial charge is 0.480 e. The Morgan fingerprint density at radius 2 is 1.82 bits per heavy atom. The Morgan fingerprint density at radius 1 is 1.07 bits per heavy atom. The van der Waals surface area contributed by atoms with Crippen LogP contribution in [0.3, 0.4) is 0 Å². The fourth-order valence-corrected chi connectivity index (χ4v) is 3.25. The van der Waals surface area contributed by atoms with Crippen molar-refractivity contribution in [3.63, 3.8) is 0 Å². The topological polar surface area (TPSA) is 107 Å². The van der Waals surface area contributed by atoms with Gasteiger partial charge in [-0.25, -0.2) is 9.97 Å². The summed E-state index contributed by atoms with van der Waals surface area (Å²) in [4.78, 5) is 8.62. The molecule has 0 radical (unpaired) electrons. The molecule has 1 aromatic heterocycles. The Balaban J connectivity index is 2.02. The minimum atomic E-state index is 0.331. The van der Waals surface area contributed by atoms with Crippen LogP contribution in [0.2, 0.25) is 0 Å². The summed E-state index contributed by atoms with van der Waals surface area (Å²) in [6, 6.07) is 13.5. The number of rotatable bonds is 7. The van der Waals surface area contributed by atoms with Crippen LogP contribution < -0.4 is 14.8 Å². The van der Waals surface area contributed by atoms with E-state index in [2.05, 4.69) is 39.1 Å². The zero-order valence-electron chi connectivity index (χ0n) is 15.5. The van der Waals surface area contributed by atoms with Crippen molar-refractivity contribution in [3.8, 4) is 18.0 Å². The van der Waals surface area contributed by atoms with Crippen LogP contribution in [0.1, 0.15) is 24.5 Å². The van der Waals surface area contributed by atoms with Gasteiger partial charge in [0, 0.05) is 5.75 Å². The van der Waals surface area contributed by atoms with E-state index < -0.39 is 0 Å². The summed E-state index contributed by atoms with van der Waals surface area (Å²) in [5.41, 5.74) is 3.74. The predicted octanol–water partition coefficient (Wildman–Crippen LogP) is 4.60. The Labute approximate surface area is 167 Å². The fourth-order valence-electron chi connectivity index (χ4n) is 2.61. The van der Waals surface area contributed by atoms with Gasteiger partial charge in [-0.1, -0.05) is 24.9 Å². The van der Waals surface area contributed by atoms with Gasteiger partial charge >= 0.3 is 0 Å². The second-order valence-electron chi connectivity index (χ2n) is 5.80. The van der Waals surface area contributed by atoms with Crippen molar-refractivity contribution in [2.45, 2.75) is 13.3 Å². The first-order valence-corrected chi connectivity index (χ1v) is 9.62. The molecule has 7 nitrogen and oxygen atoms in total. The molecule has 28 heavy (non-hydrogen) atoms. The summed E-state index contributed by atoms with van der Waals surface area (Å²) < 4.78 is 8.34. The van der Waals surface area contributed by atoms with Gasteiger partial charge in [0.2, 0.25) is 5.88 Å².